The molecule has 0 radical (unpaired) electrons. The van der Waals surface area contributed by atoms with Crippen molar-refractivity contribution in [3.63, 3.8) is 0 Å². The van der Waals surface area contributed by atoms with Crippen molar-refractivity contribution in [3.05, 3.63) is 23.8 Å². The Balaban J connectivity index is 2.30. The summed E-state index contributed by atoms with van der Waals surface area (Å²) in [6.07, 6.45) is 2.39. The van der Waals surface area contributed by atoms with E-state index in [4.69, 9.17) is 9.47 Å². The summed E-state index contributed by atoms with van der Waals surface area (Å²) in [6.45, 7) is 5.94. The largest absolute Gasteiger partial charge is 0.490 e. The van der Waals surface area contributed by atoms with Crippen molar-refractivity contribution in [3.8, 4) is 11.5 Å². The van der Waals surface area contributed by atoms with Crippen molar-refractivity contribution in [1.82, 2.24) is 4.90 Å². The van der Waals surface area contributed by atoms with E-state index in [1.165, 1.54) is 0 Å². The summed E-state index contributed by atoms with van der Waals surface area (Å²) in [5.41, 5.74) is 0.265. The molecule has 0 spiro atoms. The maximum absolute atomic E-state index is 12.3. The smallest absolute Gasteiger partial charge is 0.257 e. The summed E-state index contributed by atoms with van der Waals surface area (Å²) >= 11 is 0. The van der Waals surface area contributed by atoms with Crippen LogP contribution in [0.1, 0.15) is 44.0 Å². The van der Waals surface area contributed by atoms with Crippen LogP contribution >= 0.6 is 0 Å². The van der Waals surface area contributed by atoms with Gasteiger partial charge < -0.3 is 14.4 Å². The van der Waals surface area contributed by atoms with Gasteiger partial charge in [0.15, 0.2) is 0 Å². The molecule has 1 aliphatic rings. The summed E-state index contributed by atoms with van der Waals surface area (Å²) in [4.78, 5) is 13.8. The van der Waals surface area contributed by atoms with Crippen LogP contribution in [0.15, 0.2) is 18.2 Å². The summed E-state index contributed by atoms with van der Waals surface area (Å²) in [5.74, 6) is 1.26. The van der Waals surface area contributed by atoms with Crippen LogP contribution in [0.2, 0.25) is 0 Å². The van der Waals surface area contributed by atoms with Gasteiger partial charge in [-0.2, -0.15) is 0 Å². The molecule has 1 amide bonds. The highest BCUT2D eigenvalue weighted by Gasteiger charge is 2.26. The molecule has 1 fully saturated rings. The van der Waals surface area contributed by atoms with E-state index in [-0.39, 0.29) is 17.6 Å². The van der Waals surface area contributed by atoms with Crippen LogP contribution in [0.4, 0.5) is 0 Å². The zero-order chi connectivity index (χ0) is 14.9. The number of benzene rings is 1. The standard InChI is InChI=1S/C16H23NO3/c1-16(2,3)20-12-8-9-14(19-11-6-7-11)13(10-12)15(18)17(4)5/h8-11H,6-7H2,1-5H3. The molecule has 1 aromatic rings. The lowest BCUT2D eigenvalue weighted by Gasteiger charge is -2.22. The second-order valence-corrected chi connectivity index (χ2v) is 6.39. The minimum absolute atomic E-state index is 0.0694. The van der Waals surface area contributed by atoms with Crippen LogP contribution in [-0.2, 0) is 0 Å². The molecule has 0 bridgehead atoms. The van der Waals surface area contributed by atoms with E-state index in [1.807, 2.05) is 32.9 Å². The van der Waals surface area contributed by atoms with Gasteiger partial charge in [-0.25, -0.2) is 0 Å². The van der Waals surface area contributed by atoms with Gasteiger partial charge in [0.2, 0.25) is 0 Å². The van der Waals surface area contributed by atoms with Gasteiger partial charge in [-0.3, -0.25) is 4.79 Å². The minimum Gasteiger partial charge on any atom is -0.490 e. The fraction of sp³-hybridized carbons (Fsp3) is 0.562. The molecule has 0 aromatic heterocycles. The molecule has 2 rings (SSSR count). The Morgan fingerprint density at radius 1 is 1.25 bits per heavy atom. The summed E-state index contributed by atoms with van der Waals surface area (Å²) in [5, 5.41) is 0. The third kappa shape index (κ3) is 3.89. The number of amides is 1. The highest BCUT2D eigenvalue weighted by Crippen LogP contribution is 2.32. The summed E-state index contributed by atoms with van der Waals surface area (Å²) < 4.78 is 11.6. The highest BCUT2D eigenvalue weighted by atomic mass is 16.5. The topological polar surface area (TPSA) is 38.8 Å². The second kappa shape index (κ2) is 5.35. The molecular formula is C16H23NO3. The molecule has 20 heavy (non-hydrogen) atoms. The highest BCUT2D eigenvalue weighted by molar-refractivity contribution is 5.97. The van der Waals surface area contributed by atoms with Crippen molar-refractivity contribution in [2.45, 2.75) is 45.3 Å². The Kier molecular flexibility index (Phi) is 3.93. The Labute approximate surface area is 120 Å². The number of rotatable bonds is 4. The minimum atomic E-state index is -0.294. The fourth-order valence-electron chi connectivity index (χ4n) is 1.80. The summed E-state index contributed by atoms with van der Waals surface area (Å²) in [6, 6.07) is 5.46. The quantitative estimate of drug-likeness (QED) is 0.849. The molecule has 0 N–H and O–H groups in total. The van der Waals surface area contributed by atoms with Crippen molar-refractivity contribution in [1.29, 1.82) is 0 Å². The van der Waals surface area contributed by atoms with Crippen LogP contribution in [0, 0.1) is 0 Å². The van der Waals surface area contributed by atoms with E-state index in [0.29, 0.717) is 17.1 Å². The Hall–Kier alpha value is -1.71. The molecular weight excluding hydrogens is 254 g/mol. The lowest BCUT2D eigenvalue weighted by molar-refractivity contribution is 0.0820. The molecule has 0 aliphatic heterocycles. The zero-order valence-corrected chi connectivity index (χ0v) is 12.9. The van der Waals surface area contributed by atoms with Gasteiger partial charge in [-0.1, -0.05) is 0 Å². The first-order valence-corrected chi connectivity index (χ1v) is 6.97. The SMILES string of the molecule is CN(C)C(=O)c1cc(OC(C)(C)C)ccc1OC1CC1. The number of hydrogen-bond donors (Lipinski definition) is 0. The van der Waals surface area contributed by atoms with Gasteiger partial charge >= 0.3 is 0 Å². The molecule has 0 atom stereocenters. The van der Waals surface area contributed by atoms with Crippen LogP contribution < -0.4 is 9.47 Å². The van der Waals surface area contributed by atoms with Crippen molar-refractivity contribution < 1.29 is 14.3 Å². The second-order valence-electron chi connectivity index (χ2n) is 6.39. The summed E-state index contributed by atoms with van der Waals surface area (Å²) in [7, 11) is 3.47. The average Bonchev–Trinajstić information content (AvgIpc) is 3.12. The van der Waals surface area contributed by atoms with E-state index >= 15 is 0 Å². The lowest BCUT2D eigenvalue weighted by atomic mass is 10.1. The van der Waals surface area contributed by atoms with E-state index in [1.54, 1.807) is 25.1 Å². The fourth-order valence-corrected chi connectivity index (χ4v) is 1.80. The van der Waals surface area contributed by atoms with Crippen LogP contribution in [-0.4, -0.2) is 36.6 Å². The molecule has 1 saturated carbocycles. The Morgan fingerprint density at radius 2 is 1.90 bits per heavy atom. The maximum Gasteiger partial charge on any atom is 0.257 e. The van der Waals surface area contributed by atoms with Gasteiger partial charge in [0.05, 0.1) is 11.7 Å². The molecule has 1 aromatic carbocycles. The van der Waals surface area contributed by atoms with E-state index in [9.17, 15) is 4.79 Å². The molecule has 0 saturated heterocycles. The van der Waals surface area contributed by atoms with Crippen LogP contribution in [0.5, 0.6) is 11.5 Å². The third-order valence-corrected chi connectivity index (χ3v) is 2.83. The third-order valence-electron chi connectivity index (χ3n) is 2.83. The molecule has 1 aliphatic carbocycles. The average molecular weight is 277 g/mol. The Bertz CT molecular complexity index is 499. The molecule has 0 heterocycles. The van der Waals surface area contributed by atoms with Gasteiger partial charge in [0.1, 0.15) is 17.1 Å². The van der Waals surface area contributed by atoms with E-state index in [0.717, 1.165) is 12.8 Å². The predicted molar refractivity (Wildman–Crippen MR) is 78.5 cm³/mol. The van der Waals surface area contributed by atoms with Gasteiger partial charge in [-0.05, 0) is 51.8 Å². The maximum atomic E-state index is 12.3. The molecule has 4 heteroatoms. The number of hydrogen-bond acceptors (Lipinski definition) is 3. The number of nitrogens with zero attached hydrogens (tertiary/aromatic N) is 1. The predicted octanol–water partition coefficient (Wildman–Crippen LogP) is 3.11. The van der Waals surface area contributed by atoms with Gasteiger partial charge in [0.25, 0.3) is 5.91 Å². The zero-order valence-electron chi connectivity index (χ0n) is 12.9. The Morgan fingerprint density at radius 3 is 2.40 bits per heavy atom. The van der Waals surface area contributed by atoms with E-state index in [2.05, 4.69) is 0 Å². The van der Waals surface area contributed by atoms with Gasteiger partial charge in [0, 0.05) is 14.1 Å². The number of ether oxygens (including phenoxy) is 2. The normalized spacial score (nSPS) is 14.8. The first kappa shape index (κ1) is 14.7. The molecule has 110 valence electrons. The number of carbonyl (C=O) groups excluding carboxylic acids is 1. The van der Waals surface area contributed by atoms with Crippen molar-refractivity contribution in [2.75, 3.05) is 14.1 Å². The van der Waals surface area contributed by atoms with Crippen molar-refractivity contribution >= 4 is 5.91 Å². The van der Waals surface area contributed by atoms with Crippen LogP contribution in [0.3, 0.4) is 0 Å². The molecule has 4 nitrogen and oxygen atoms in total. The molecule has 0 unspecified atom stereocenters. The monoisotopic (exact) mass is 277 g/mol. The van der Waals surface area contributed by atoms with Gasteiger partial charge in [-0.15, -0.1) is 0 Å². The van der Waals surface area contributed by atoms with Crippen molar-refractivity contribution in [2.24, 2.45) is 0 Å². The lowest BCUT2D eigenvalue weighted by Crippen LogP contribution is -2.25. The first-order valence-electron chi connectivity index (χ1n) is 6.97. The van der Waals surface area contributed by atoms with Crippen LogP contribution in [0.25, 0.3) is 0 Å². The van der Waals surface area contributed by atoms with E-state index < -0.39 is 0 Å². The first-order chi connectivity index (χ1) is 9.26. The number of carbonyl (C=O) groups is 1.